The lowest BCUT2D eigenvalue weighted by Crippen LogP contribution is -2.30. The molecule has 0 aliphatic rings. The third-order valence-corrected chi connectivity index (χ3v) is 18.9. The maximum absolute atomic E-state index is 13.0. The Bertz CT molecular complexity index is 1790. The highest BCUT2D eigenvalue weighted by atomic mass is 31.2. The number of carbonyl (C=O) groups is 4. The summed E-state index contributed by atoms with van der Waals surface area (Å²) in [6.45, 7) is 9.56. The molecule has 3 N–H and O–H groups in total. The van der Waals surface area contributed by atoms with Crippen LogP contribution in [-0.4, -0.2) is 96.7 Å². The van der Waals surface area contributed by atoms with E-state index in [0.29, 0.717) is 25.7 Å². The van der Waals surface area contributed by atoms with Crippen molar-refractivity contribution in [3.8, 4) is 0 Å². The highest BCUT2D eigenvalue weighted by molar-refractivity contribution is 7.47. The van der Waals surface area contributed by atoms with Gasteiger partial charge in [-0.2, -0.15) is 0 Å². The fourth-order valence-corrected chi connectivity index (χ4v) is 12.7. The highest BCUT2D eigenvalue weighted by Crippen LogP contribution is 2.45. The van der Waals surface area contributed by atoms with Crippen molar-refractivity contribution in [1.82, 2.24) is 0 Å². The molecule has 0 saturated heterocycles. The topological polar surface area (TPSA) is 237 Å². The maximum atomic E-state index is 13.0. The Hall–Kier alpha value is -1.94. The lowest BCUT2D eigenvalue weighted by atomic mass is 10.0. The molecule has 546 valence electrons. The largest absolute Gasteiger partial charge is 0.472 e. The minimum atomic E-state index is -4.95. The van der Waals surface area contributed by atoms with E-state index >= 15 is 0 Å². The molecule has 5 atom stereocenters. The zero-order valence-electron chi connectivity index (χ0n) is 59.9. The van der Waals surface area contributed by atoms with Crippen molar-refractivity contribution < 1.29 is 80.2 Å². The summed E-state index contributed by atoms with van der Waals surface area (Å²) < 4.78 is 68.3. The number of hydrogen-bond donors (Lipinski definition) is 3. The van der Waals surface area contributed by atoms with Gasteiger partial charge in [0.2, 0.25) is 0 Å². The van der Waals surface area contributed by atoms with Crippen LogP contribution in [0.4, 0.5) is 0 Å². The molecule has 0 radical (unpaired) electrons. The van der Waals surface area contributed by atoms with Crippen LogP contribution in [0.5, 0.6) is 0 Å². The molecule has 0 saturated carbocycles. The fraction of sp³-hybridized carbons (Fsp3) is 0.945. The Labute approximate surface area is 562 Å². The predicted octanol–water partition coefficient (Wildman–Crippen LogP) is 21.2. The molecule has 0 aliphatic heterocycles. The van der Waals surface area contributed by atoms with Gasteiger partial charge >= 0.3 is 39.5 Å². The van der Waals surface area contributed by atoms with Crippen molar-refractivity contribution in [2.75, 3.05) is 39.6 Å². The van der Waals surface area contributed by atoms with E-state index in [-0.39, 0.29) is 25.7 Å². The van der Waals surface area contributed by atoms with E-state index in [1.807, 2.05) is 0 Å². The third kappa shape index (κ3) is 66.7. The number of aliphatic hydroxyl groups excluding tert-OH is 1. The molecule has 0 rings (SSSR count). The first kappa shape index (κ1) is 90.1. The zero-order valence-corrected chi connectivity index (χ0v) is 61.6. The molecule has 0 aromatic carbocycles. The van der Waals surface area contributed by atoms with Crippen LogP contribution in [0.3, 0.4) is 0 Å². The number of unbranched alkanes of at least 4 members (excludes halogenated alkanes) is 42. The second-order valence-electron chi connectivity index (χ2n) is 27.3. The Kier molecular flexibility index (Phi) is 63.7. The Morgan fingerprint density at radius 1 is 0.293 bits per heavy atom. The minimum absolute atomic E-state index is 0.107. The second-order valence-corrected chi connectivity index (χ2v) is 30.2. The van der Waals surface area contributed by atoms with Crippen LogP contribution in [0.2, 0.25) is 0 Å². The number of hydrogen-bond acceptors (Lipinski definition) is 15. The third-order valence-electron chi connectivity index (χ3n) is 17.0. The van der Waals surface area contributed by atoms with Gasteiger partial charge in [0.1, 0.15) is 19.3 Å². The lowest BCUT2D eigenvalue weighted by molar-refractivity contribution is -0.161. The molecule has 0 heterocycles. The number of ether oxygens (including phenoxy) is 4. The van der Waals surface area contributed by atoms with Gasteiger partial charge in [0.25, 0.3) is 0 Å². The molecule has 0 aromatic heterocycles. The lowest BCUT2D eigenvalue weighted by Gasteiger charge is -2.21. The Balaban J connectivity index is 5.16. The van der Waals surface area contributed by atoms with Gasteiger partial charge in [0.05, 0.1) is 26.4 Å². The van der Waals surface area contributed by atoms with Crippen molar-refractivity contribution in [2.45, 2.75) is 394 Å². The molecule has 17 nitrogen and oxygen atoms in total. The van der Waals surface area contributed by atoms with E-state index in [1.165, 1.54) is 186 Å². The standard InChI is InChI=1S/C73H142O17P2/c1-7-9-11-13-15-17-26-32-39-45-51-57-72(77)89-68(61-83-70(75)55-49-43-37-16-14-12-10-8-2)63-87-91(79,80)85-59-67(74)60-86-92(81,82)88-64-69(62-84-71(76)56-50-44-38-34-29-31-36-42-48-54-66(5)6)90-73(78)58-52-46-40-33-28-25-23-21-19-18-20-22-24-27-30-35-41-47-53-65(3)4/h65-69,74H,7-64H2,1-6H3,(H,79,80)(H,81,82)/t67-,68+,69+/m0/s1. The fourth-order valence-electron chi connectivity index (χ4n) is 11.1. The van der Waals surface area contributed by atoms with Gasteiger partial charge in [-0.3, -0.25) is 37.3 Å². The number of carbonyl (C=O) groups excluding carboxylic acids is 4. The van der Waals surface area contributed by atoms with Gasteiger partial charge in [-0.25, -0.2) is 9.13 Å². The number of phosphoric ester groups is 2. The SMILES string of the molecule is CCCCCCCCCCCCCC(=O)O[C@H](COC(=O)CCCCCCCCCC)COP(=O)(O)OC[C@H](O)COP(=O)(O)OC[C@@H](COC(=O)CCCCCCCCCCCC(C)C)OC(=O)CCCCCCCCCCCCCCCCCCCCC(C)C. The number of esters is 4. The van der Waals surface area contributed by atoms with Crippen LogP contribution >= 0.6 is 15.6 Å². The summed E-state index contributed by atoms with van der Waals surface area (Å²) in [5.41, 5.74) is 0. The molecular weight excluding hydrogens is 1210 g/mol. The maximum Gasteiger partial charge on any atom is 0.472 e. The second kappa shape index (κ2) is 65.0. The van der Waals surface area contributed by atoms with E-state index in [9.17, 15) is 43.2 Å². The first-order valence-corrected chi connectivity index (χ1v) is 41.0. The molecule has 19 heteroatoms. The molecule has 0 aliphatic carbocycles. The van der Waals surface area contributed by atoms with Gasteiger partial charge in [-0.1, -0.05) is 324 Å². The molecule has 0 spiro atoms. The minimum Gasteiger partial charge on any atom is -0.462 e. The molecular formula is C73H142O17P2. The van der Waals surface area contributed by atoms with E-state index in [0.717, 1.165) is 108 Å². The summed E-state index contributed by atoms with van der Waals surface area (Å²) in [4.78, 5) is 72.5. The van der Waals surface area contributed by atoms with Gasteiger partial charge in [0.15, 0.2) is 12.2 Å². The molecule has 0 amide bonds. The average molecular weight is 1350 g/mol. The van der Waals surface area contributed by atoms with Gasteiger partial charge in [-0.05, 0) is 37.5 Å². The highest BCUT2D eigenvalue weighted by Gasteiger charge is 2.30. The van der Waals surface area contributed by atoms with E-state index in [4.69, 9.17) is 37.0 Å². The predicted molar refractivity (Wildman–Crippen MR) is 372 cm³/mol. The smallest absolute Gasteiger partial charge is 0.462 e. The van der Waals surface area contributed by atoms with Crippen molar-refractivity contribution in [3.63, 3.8) is 0 Å². The quantitative estimate of drug-likeness (QED) is 0.0222. The van der Waals surface area contributed by atoms with Crippen molar-refractivity contribution in [2.24, 2.45) is 11.8 Å². The number of aliphatic hydroxyl groups is 1. The van der Waals surface area contributed by atoms with Gasteiger partial charge in [-0.15, -0.1) is 0 Å². The van der Waals surface area contributed by atoms with E-state index in [2.05, 4.69) is 41.5 Å². The molecule has 0 aromatic rings. The summed E-state index contributed by atoms with van der Waals surface area (Å²) >= 11 is 0. The summed E-state index contributed by atoms with van der Waals surface area (Å²) in [7, 11) is -9.90. The average Bonchev–Trinajstić information content (AvgIpc) is 2.19. The first-order chi connectivity index (χ1) is 44.4. The first-order valence-electron chi connectivity index (χ1n) is 38.0. The van der Waals surface area contributed by atoms with Crippen LogP contribution in [-0.2, 0) is 65.4 Å². The summed E-state index contributed by atoms with van der Waals surface area (Å²) in [5.74, 6) is -0.559. The van der Waals surface area contributed by atoms with Crippen LogP contribution in [0.25, 0.3) is 0 Å². The van der Waals surface area contributed by atoms with Crippen LogP contribution in [0, 0.1) is 11.8 Å². The molecule has 0 fully saturated rings. The monoisotopic (exact) mass is 1350 g/mol. The van der Waals surface area contributed by atoms with Crippen molar-refractivity contribution in [1.29, 1.82) is 0 Å². The van der Waals surface area contributed by atoms with Crippen LogP contribution < -0.4 is 0 Å². The van der Waals surface area contributed by atoms with Crippen LogP contribution in [0.1, 0.15) is 375 Å². The van der Waals surface area contributed by atoms with Crippen molar-refractivity contribution >= 4 is 39.5 Å². The Morgan fingerprint density at radius 3 is 0.739 bits per heavy atom. The number of phosphoric acid groups is 2. The van der Waals surface area contributed by atoms with Gasteiger partial charge < -0.3 is 33.8 Å². The molecule has 2 unspecified atom stereocenters. The van der Waals surface area contributed by atoms with Crippen molar-refractivity contribution in [3.05, 3.63) is 0 Å². The van der Waals surface area contributed by atoms with E-state index in [1.54, 1.807) is 0 Å². The summed E-state index contributed by atoms with van der Waals surface area (Å²) in [5, 5.41) is 10.6. The zero-order chi connectivity index (χ0) is 67.9. The Morgan fingerprint density at radius 2 is 0.500 bits per heavy atom. The van der Waals surface area contributed by atoms with Crippen LogP contribution in [0.15, 0.2) is 0 Å². The molecule has 0 bridgehead atoms. The van der Waals surface area contributed by atoms with E-state index < -0.39 is 97.5 Å². The normalized spacial score (nSPS) is 14.1. The van der Waals surface area contributed by atoms with Gasteiger partial charge in [0, 0.05) is 25.7 Å². The summed E-state index contributed by atoms with van der Waals surface area (Å²) in [6, 6.07) is 0. The molecule has 92 heavy (non-hydrogen) atoms. The summed E-state index contributed by atoms with van der Waals surface area (Å²) in [6.07, 6.45) is 51.5. The number of rotatable bonds is 72.